The Hall–Kier alpha value is -2.28. The van der Waals surface area contributed by atoms with Crippen molar-refractivity contribution < 1.29 is 19.1 Å². The summed E-state index contributed by atoms with van der Waals surface area (Å²) in [6.45, 7) is 5.64. The lowest BCUT2D eigenvalue weighted by Crippen LogP contribution is -2.56. The summed E-state index contributed by atoms with van der Waals surface area (Å²) in [5.74, 6) is 1.09. The molecule has 7 nitrogen and oxygen atoms in total. The van der Waals surface area contributed by atoms with Crippen molar-refractivity contribution in [2.75, 3.05) is 27.3 Å². The fourth-order valence-electron chi connectivity index (χ4n) is 2.94. The van der Waals surface area contributed by atoms with Crippen LogP contribution in [0.25, 0.3) is 0 Å². The summed E-state index contributed by atoms with van der Waals surface area (Å²) >= 11 is 0. The predicted octanol–water partition coefficient (Wildman–Crippen LogP) is 0.919. The fourth-order valence-corrected chi connectivity index (χ4v) is 2.94. The Balaban J connectivity index is 2.12. The third kappa shape index (κ3) is 5.09. The average Bonchev–Trinajstić information content (AvgIpc) is 2.57. The molecule has 1 aliphatic rings. The van der Waals surface area contributed by atoms with Crippen molar-refractivity contribution in [2.24, 2.45) is 0 Å². The van der Waals surface area contributed by atoms with Crippen LogP contribution < -0.4 is 20.1 Å². The first-order chi connectivity index (χ1) is 11.9. The molecule has 7 heteroatoms. The molecule has 0 bridgehead atoms. The van der Waals surface area contributed by atoms with E-state index in [0.29, 0.717) is 31.1 Å². The van der Waals surface area contributed by atoms with Crippen molar-refractivity contribution in [1.29, 1.82) is 0 Å². The number of carbonyl (C=O) groups is 2. The molecule has 1 heterocycles. The van der Waals surface area contributed by atoms with E-state index in [0.717, 1.165) is 5.56 Å². The van der Waals surface area contributed by atoms with Crippen molar-refractivity contribution in [3.05, 3.63) is 23.8 Å². The first kappa shape index (κ1) is 19.1. The number of hydrogen-bond acceptors (Lipinski definition) is 5. The number of benzene rings is 1. The number of nitrogens with one attached hydrogen (secondary N) is 2. The number of hydrogen-bond donors (Lipinski definition) is 2. The van der Waals surface area contributed by atoms with Gasteiger partial charge in [-0.3, -0.25) is 14.5 Å². The zero-order valence-electron chi connectivity index (χ0n) is 15.3. The van der Waals surface area contributed by atoms with Gasteiger partial charge in [0, 0.05) is 25.7 Å². The van der Waals surface area contributed by atoms with Crippen LogP contribution in [0.15, 0.2) is 18.2 Å². The number of methoxy groups -OCH3 is 2. The van der Waals surface area contributed by atoms with Crippen LogP contribution in [-0.2, 0) is 16.1 Å². The maximum Gasteiger partial charge on any atom is 0.237 e. The lowest BCUT2D eigenvalue weighted by atomic mass is 10.1. The molecule has 0 aliphatic carbocycles. The standard InChI is InChI=1S/C18H27N3O4/c1-12(2)20-17(22)10-14-18(23)19-7-8-21(14)11-13-5-6-15(24-3)16(9-13)25-4/h5-6,9,12,14H,7-8,10-11H2,1-4H3,(H,19,23)(H,20,22)/t14-/m0/s1. The molecular weight excluding hydrogens is 322 g/mol. The quantitative estimate of drug-likeness (QED) is 0.765. The van der Waals surface area contributed by atoms with Gasteiger partial charge >= 0.3 is 0 Å². The highest BCUT2D eigenvalue weighted by molar-refractivity contribution is 5.88. The molecule has 1 aliphatic heterocycles. The second-order valence-corrected chi connectivity index (χ2v) is 6.39. The van der Waals surface area contributed by atoms with Gasteiger partial charge in [0.25, 0.3) is 0 Å². The van der Waals surface area contributed by atoms with Gasteiger partial charge in [-0.2, -0.15) is 0 Å². The summed E-state index contributed by atoms with van der Waals surface area (Å²) in [5, 5.41) is 5.69. The van der Waals surface area contributed by atoms with Gasteiger partial charge in [-0.05, 0) is 31.5 Å². The highest BCUT2D eigenvalue weighted by atomic mass is 16.5. The van der Waals surface area contributed by atoms with E-state index in [1.807, 2.05) is 36.9 Å². The SMILES string of the molecule is COc1ccc(CN2CCNC(=O)[C@@H]2CC(=O)NC(C)C)cc1OC. The molecular formula is C18H27N3O4. The molecule has 25 heavy (non-hydrogen) atoms. The molecule has 2 rings (SSSR count). The molecule has 1 saturated heterocycles. The number of nitrogens with zero attached hydrogens (tertiary/aromatic N) is 1. The largest absolute Gasteiger partial charge is 0.493 e. The number of ether oxygens (including phenoxy) is 2. The first-order valence-corrected chi connectivity index (χ1v) is 8.46. The van der Waals surface area contributed by atoms with Gasteiger partial charge in [0.1, 0.15) is 0 Å². The molecule has 2 N–H and O–H groups in total. The van der Waals surface area contributed by atoms with Crippen molar-refractivity contribution in [2.45, 2.75) is 38.9 Å². The summed E-state index contributed by atoms with van der Waals surface area (Å²) in [6.07, 6.45) is 0.150. The summed E-state index contributed by atoms with van der Waals surface area (Å²) in [4.78, 5) is 26.4. The summed E-state index contributed by atoms with van der Waals surface area (Å²) < 4.78 is 10.6. The number of piperazine rings is 1. The van der Waals surface area contributed by atoms with Crippen molar-refractivity contribution >= 4 is 11.8 Å². The number of carbonyl (C=O) groups excluding carboxylic acids is 2. The number of rotatable bonds is 7. The van der Waals surface area contributed by atoms with Gasteiger partial charge < -0.3 is 20.1 Å². The Bertz CT molecular complexity index is 618. The van der Waals surface area contributed by atoms with Crippen LogP contribution in [0.4, 0.5) is 0 Å². The molecule has 0 aromatic heterocycles. The zero-order chi connectivity index (χ0) is 18.4. The zero-order valence-corrected chi connectivity index (χ0v) is 15.3. The minimum Gasteiger partial charge on any atom is -0.493 e. The van der Waals surface area contributed by atoms with Crippen LogP contribution >= 0.6 is 0 Å². The lowest BCUT2D eigenvalue weighted by Gasteiger charge is -2.35. The molecule has 0 unspecified atom stereocenters. The van der Waals surface area contributed by atoms with Crippen LogP contribution in [0.2, 0.25) is 0 Å². The van der Waals surface area contributed by atoms with E-state index < -0.39 is 6.04 Å². The molecule has 0 radical (unpaired) electrons. The van der Waals surface area contributed by atoms with E-state index in [-0.39, 0.29) is 24.3 Å². The maximum absolute atomic E-state index is 12.3. The third-order valence-electron chi connectivity index (χ3n) is 4.10. The Kier molecular flexibility index (Phi) is 6.64. The van der Waals surface area contributed by atoms with Gasteiger partial charge in [0.15, 0.2) is 11.5 Å². The third-order valence-corrected chi connectivity index (χ3v) is 4.10. The fraction of sp³-hybridized carbons (Fsp3) is 0.556. The van der Waals surface area contributed by atoms with Gasteiger partial charge in [-0.25, -0.2) is 0 Å². The van der Waals surface area contributed by atoms with Crippen LogP contribution in [0.5, 0.6) is 11.5 Å². The minimum absolute atomic E-state index is 0.0541. The lowest BCUT2D eigenvalue weighted by molar-refractivity contribution is -0.134. The van der Waals surface area contributed by atoms with E-state index in [2.05, 4.69) is 10.6 Å². The highest BCUT2D eigenvalue weighted by Gasteiger charge is 2.31. The normalized spacial score (nSPS) is 18.0. The van der Waals surface area contributed by atoms with E-state index >= 15 is 0 Å². The topological polar surface area (TPSA) is 79.9 Å². The van der Waals surface area contributed by atoms with Crippen LogP contribution in [0.3, 0.4) is 0 Å². The van der Waals surface area contributed by atoms with E-state index in [4.69, 9.17) is 9.47 Å². The molecule has 1 aromatic rings. The summed E-state index contributed by atoms with van der Waals surface area (Å²) in [6, 6.07) is 5.27. The highest BCUT2D eigenvalue weighted by Crippen LogP contribution is 2.28. The monoisotopic (exact) mass is 349 g/mol. The van der Waals surface area contributed by atoms with Crippen molar-refractivity contribution in [3.63, 3.8) is 0 Å². The maximum atomic E-state index is 12.3. The molecule has 138 valence electrons. The van der Waals surface area contributed by atoms with E-state index in [1.165, 1.54) is 0 Å². The molecule has 0 saturated carbocycles. The van der Waals surface area contributed by atoms with Crippen LogP contribution in [0.1, 0.15) is 25.8 Å². The summed E-state index contributed by atoms with van der Waals surface area (Å²) in [7, 11) is 3.19. The van der Waals surface area contributed by atoms with Crippen molar-refractivity contribution in [1.82, 2.24) is 15.5 Å². The minimum atomic E-state index is -0.472. The summed E-state index contributed by atoms with van der Waals surface area (Å²) in [5.41, 5.74) is 1.00. The second kappa shape index (κ2) is 8.71. The predicted molar refractivity (Wildman–Crippen MR) is 94.6 cm³/mol. The molecule has 2 amide bonds. The Morgan fingerprint density at radius 1 is 1.32 bits per heavy atom. The Morgan fingerprint density at radius 3 is 2.68 bits per heavy atom. The average molecular weight is 349 g/mol. The van der Waals surface area contributed by atoms with Crippen molar-refractivity contribution in [3.8, 4) is 11.5 Å². The second-order valence-electron chi connectivity index (χ2n) is 6.39. The van der Waals surface area contributed by atoms with Gasteiger partial charge in [-0.1, -0.05) is 6.07 Å². The Morgan fingerprint density at radius 2 is 2.04 bits per heavy atom. The Labute approximate surface area is 148 Å². The molecule has 1 atom stereocenters. The smallest absolute Gasteiger partial charge is 0.237 e. The number of amides is 2. The first-order valence-electron chi connectivity index (χ1n) is 8.46. The molecule has 1 aromatic carbocycles. The van der Waals surface area contributed by atoms with Gasteiger partial charge in [0.2, 0.25) is 11.8 Å². The molecule has 0 spiro atoms. The van der Waals surface area contributed by atoms with Crippen LogP contribution in [0, 0.1) is 0 Å². The van der Waals surface area contributed by atoms with E-state index in [1.54, 1.807) is 14.2 Å². The van der Waals surface area contributed by atoms with E-state index in [9.17, 15) is 9.59 Å². The van der Waals surface area contributed by atoms with Crippen LogP contribution in [-0.4, -0.2) is 56.1 Å². The van der Waals surface area contributed by atoms with Gasteiger partial charge in [-0.15, -0.1) is 0 Å². The van der Waals surface area contributed by atoms with Gasteiger partial charge in [0.05, 0.1) is 26.7 Å². The molecule has 1 fully saturated rings.